The molecule has 0 aromatic heterocycles. The fraction of sp³-hybridized carbons (Fsp3) is 0.571. The fourth-order valence-electron chi connectivity index (χ4n) is 1.87. The van der Waals surface area contributed by atoms with Crippen molar-refractivity contribution in [2.75, 3.05) is 13.7 Å². The van der Waals surface area contributed by atoms with Crippen LogP contribution in [0.4, 0.5) is 0 Å². The average molecular weight is 327 g/mol. The summed E-state index contributed by atoms with van der Waals surface area (Å²) in [4.78, 5) is 0. The van der Waals surface area contributed by atoms with Gasteiger partial charge >= 0.3 is 0 Å². The molecule has 19 heavy (non-hydrogen) atoms. The first-order valence-electron chi connectivity index (χ1n) is 6.41. The molecule has 0 radical (unpaired) electrons. The van der Waals surface area contributed by atoms with Gasteiger partial charge in [0.2, 0.25) is 0 Å². The summed E-state index contributed by atoms with van der Waals surface area (Å²) in [5, 5.41) is 4.60. The summed E-state index contributed by atoms with van der Waals surface area (Å²) in [6, 6.07) is 3.60. The molecule has 0 aliphatic carbocycles. The molecule has 0 aliphatic heterocycles. The Morgan fingerprint density at radius 1 is 1.16 bits per heavy atom. The Morgan fingerprint density at radius 3 is 2.53 bits per heavy atom. The van der Waals surface area contributed by atoms with Crippen LogP contribution in [0.15, 0.2) is 12.1 Å². The van der Waals surface area contributed by atoms with Gasteiger partial charge in [0.15, 0.2) is 0 Å². The molecule has 0 unspecified atom stereocenters. The van der Waals surface area contributed by atoms with Gasteiger partial charge in [0.05, 0.1) is 12.1 Å². The summed E-state index contributed by atoms with van der Waals surface area (Å²) in [6.07, 6.45) is 5.03. The molecule has 0 atom stereocenters. The van der Waals surface area contributed by atoms with Crippen molar-refractivity contribution in [3.8, 4) is 5.75 Å². The van der Waals surface area contributed by atoms with Crippen molar-refractivity contribution >= 4 is 35.6 Å². The molecule has 2 nitrogen and oxygen atoms in total. The van der Waals surface area contributed by atoms with Crippen LogP contribution in [0, 0.1) is 0 Å². The van der Waals surface area contributed by atoms with Crippen LogP contribution < -0.4 is 10.1 Å². The van der Waals surface area contributed by atoms with Crippen LogP contribution in [0.2, 0.25) is 10.0 Å². The van der Waals surface area contributed by atoms with E-state index in [9.17, 15) is 0 Å². The summed E-state index contributed by atoms with van der Waals surface area (Å²) in [5.74, 6) is 0.710. The number of halogens is 3. The van der Waals surface area contributed by atoms with Gasteiger partial charge in [0.25, 0.3) is 0 Å². The van der Waals surface area contributed by atoms with Crippen LogP contribution in [0.1, 0.15) is 38.2 Å². The largest absolute Gasteiger partial charge is 0.495 e. The first-order valence-corrected chi connectivity index (χ1v) is 7.17. The van der Waals surface area contributed by atoms with Crippen LogP contribution in [0.25, 0.3) is 0 Å². The van der Waals surface area contributed by atoms with E-state index < -0.39 is 0 Å². The van der Waals surface area contributed by atoms with E-state index in [2.05, 4.69) is 12.2 Å². The second-order valence-electron chi connectivity index (χ2n) is 4.32. The summed E-state index contributed by atoms with van der Waals surface area (Å²) in [5.41, 5.74) is 1.01. The zero-order valence-electron chi connectivity index (χ0n) is 11.5. The Bertz CT molecular complexity index is 372. The topological polar surface area (TPSA) is 21.3 Å². The van der Waals surface area contributed by atoms with E-state index in [1.165, 1.54) is 25.7 Å². The number of nitrogens with one attached hydrogen (secondary N) is 1. The van der Waals surface area contributed by atoms with Crippen LogP contribution in [-0.4, -0.2) is 13.7 Å². The van der Waals surface area contributed by atoms with E-state index in [0.717, 1.165) is 18.7 Å². The molecule has 0 fully saturated rings. The second-order valence-corrected chi connectivity index (χ2v) is 5.16. The lowest BCUT2D eigenvalue weighted by atomic mass is 10.2. The Balaban J connectivity index is 0.00000324. The zero-order chi connectivity index (χ0) is 13.4. The van der Waals surface area contributed by atoms with Gasteiger partial charge in [-0.05, 0) is 25.1 Å². The molecule has 0 saturated carbocycles. The molecule has 0 saturated heterocycles. The van der Waals surface area contributed by atoms with Crippen LogP contribution in [-0.2, 0) is 6.54 Å². The van der Waals surface area contributed by atoms with Gasteiger partial charge in [0.1, 0.15) is 5.75 Å². The normalized spacial score (nSPS) is 10.1. The quantitative estimate of drug-likeness (QED) is 0.672. The van der Waals surface area contributed by atoms with E-state index in [1.807, 2.05) is 6.07 Å². The van der Waals surface area contributed by atoms with E-state index in [1.54, 1.807) is 13.2 Å². The Labute approximate surface area is 132 Å². The van der Waals surface area contributed by atoms with Gasteiger partial charge < -0.3 is 10.1 Å². The number of methoxy groups -OCH3 is 1. The van der Waals surface area contributed by atoms with Gasteiger partial charge in [-0.3, -0.25) is 0 Å². The highest BCUT2D eigenvalue weighted by molar-refractivity contribution is 6.35. The molecule has 1 aromatic carbocycles. The minimum absolute atomic E-state index is 0. The third-order valence-electron chi connectivity index (χ3n) is 2.81. The number of rotatable bonds is 8. The highest BCUT2D eigenvalue weighted by atomic mass is 35.5. The first kappa shape index (κ1) is 18.9. The van der Waals surface area contributed by atoms with Crippen LogP contribution in [0.3, 0.4) is 0 Å². The summed E-state index contributed by atoms with van der Waals surface area (Å²) in [6.45, 7) is 3.95. The maximum atomic E-state index is 6.08. The highest BCUT2D eigenvalue weighted by Crippen LogP contribution is 2.31. The first-order chi connectivity index (χ1) is 8.69. The molecule has 5 heteroatoms. The predicted molar refractivity (Wildman–Crippen MR) is 86.1 cm³/mol. The average Bonchev–Trinajstić information content (AvgIpc) is 2.33. The van der Waals surface area contributed by atoms with E-state index >= 15 is 0 Å². The number of unbranched alkanes of at least 4 members (excludes halogenated alkanes) is 3. The van der Waals surface area contributed by atoms with Crippen molar-refractivity contribution in [1.29, 1.82) is 0 Å². The zero-order valence-corrected chi connectivity index (χ0v) is 13.8. The minimum Gasteiger partial charge on any atom is -0.495 e. The van der Waals surface area contributed by atoms with Gasteiger partial charge in [-0.25, -0.2) is 0 Å². The minimum atomic E-state index is 0. The van der Waals surface area contributed by atoms with Crippen molar-refractivity contribution in [1.82, 2.24) is 5.32 Å². The number of ether oxygens (including phenoxy) is 1. The van der Waals surface area contributed by atoms with Crippen molar-refractivity contribution < 1.29 is 4.74 Å². The Hall–Kier alpha value is -0.150. The van der Waals surface area contributed by atoms with Crippen molar-refractivity contribution in [2.45, 2.75) is 39.2 Å². The maximum Gasteiger partial charge on any atom is 0.142 e. The van der Waals surface area contributed by atoms with E-state index in [4.69, 9.17) is 27.9 Å². The smallest absolute Gasteiger partial charge is 0.142 e. The van der Waals surface area contributed by atoms with E-state index in [-0.39, 0.29) is 12.4 Å². The van der Waals surface area contributed by atoms with Gasteiger partial charge in [-0.15, -0.1) is 12.4 Å². The molecular formula is C14H22Cl3NO. The number of hydrogen-bond acceptors (Lipinski definition) is 2. The molecule has 1 rings (SSSR count). The maximum absolute atomic E-state index is 6.08. The van der Waals surface area contributed by atoms with Crippen molar-refractivity contribution in [2.24, 2.45) is 0 Å². The Morgan fingerprint density at radius 2 is 1.89 bits per heavy atom. The molecule has 0 spiro atoms. The lowest BCUT2D eigenvalue weighted by Crippen LogP contribution is -2.15. The molecule has 0 aliphatic rings. The third kappa shape index (κ3) is 6.71. The summed E-state index contributed by atoms with van der Waals surface area (Å²) >= 11 is 12.1. The van der Waals surface area contributed by atoms with Crippen LogP contribution >= 0.6 is 35.6 Å². The predicted octanol–water partition coefficient (Wildman–Crippen LogP) is 5.09. The Kier molecular flexibility index (Phi) is 10.5. The standard InChI is InChI=1S/C14H21Cl2NO.ClH/c1-3-4-5-6-7-17-10-11-8-12(15)9-13(16)14(11)18-2;/h8-9,17H,3-7,10H2,1-2H3;1H. The lowest BCUT2D eigenvalue weighted by Gasteiger charge is -2.12. The summed E-state index contributed by atoms with van der Waals surface area (Å²) in [7, 11) is 1.62. The fourth-order valence-corrected chi connectivity index (χ4v) is 2.49. The van der Waals surface area contributed by atoms with Gasteiger partial charge in [-0.2, -0.15) is 0 Å². The summed E-state index contributed by atoms with van der Waals surface area (Å²) < 4.78 is 5.30. The monoisotopic (exact) mass is 325 g/mol. The number of hydrogen-bond donors (Lipinski definition) is 1. The number of benzene rings is 1. The lowest BCUT2D eigenvalue weighted by molar-refractivity contribution is 0.407. The molecule has 1 aromatic rings. The molecule has 110 valence electrons. The molecule has 1 N–H and O–H groups in total. The van der Waals surface area contributed by atoms with Crippen molar-refractivity contribution in [3.63, 3.8) is 0 Å². The molecule has 0 bridgehead atoms. The van der Waals surface area contributed by atoms with Gasteiger partial charge in [0, 0.05) is 17.1 Å². The van der Waals surface area contributed by atoms with E-state index in [0.29, 0.717) is 15.8 Å². The second kappa shape index (κ2) is 10.6. The molecule has 0 amide bonds. The van der Waals surface area contributed by atoms with Crippen molar-refractivity contribution in [3.05, 3.63) is 27.7 Å². The molecule has 0 heterocycles. The van der Waals surface area contributed by atoms with Gasteiger partial charge in [-0.1, -0.05) is 49.4 Å². The SMILES string of the molecule is CCCCCCNCc1cc(Cl)cc(Cl)c1OC.Cl. The van der Waals surface area contributed by atoms with Crippen LogP contribution in [0.5, 0.6) is 5.75 Å². The molecular weight excluding hydrogens is 305 g/mol. The highest BCUT2D eigenvalue weighted by Gasteiger charge is 2.09. The third-order valence-corrected chi connectivity index (χ3v) is 3.31.